The van der Waals surface area contributed by atoms with Crippen molar-refractivity contribution < 1.29 is 24.1 Å². The van der Waals surface area contributed by atoms with Crippen molar-refractivity contribution in [2.24, 2.45) is 0 Å². The third-order valence-electron chi connectivity index (χ3n) is 3.81. The molecule has 1 heterocycles. The highest BCUT2D eigenvalue weighted by Gasteiger charge is 2.36. The molecule has 0 aromatic heterocycles. The number of aliphatic hydroxyl groups is 1. The van der Waals surface area contributed by atoms with Gasteiger partial charge in [-0.1, -0.05) is 24.3 Å². The Morgan fingerprint density at radius 1 is 1.26 bits per heavy atom. The predicted octanol–water partition coefficient (Wildman–Crippen LogP) is 2.72. The lowest BCUT2D eigenvalue weighted by Crippen LogP contribution is -2.34. The van der Waals surface area contributed by atoms with E-state index in [1.807, 2.05) is 30.3 Å². The van der Waals surface area contributed by atoms with Crippen molar-refractivity contribution in [1.29, 1.82) is 0 Å². The van der Waals surface area contributed by atoms with Gasteiger partial charge < -0.3 is 19.3 Å². The molecule has 0 saturated heterocycles. The normalized spacial score (nSPS) is 16.6. The first-order valence-electron chi connectivity index (χ1n) is 7.44. The average molecular weight is 314 g/mol. The van der Waals surface area contributed by atoms with Crippen molar-refractivity contribution in [2.45, 2.75) is 19.1 Å². The molecule has 1 aliphatic rings. The lowest BCUT2D eigenvalue weighted by atomic mass is 9.90. The van der Waals surface area contributed by atoms with E-state index in [1.54, 1.807) is 26.2 Å². The molecule has 2 aromatic rings. The molecule has 1 N–H and O–H groups in total. The lowest BCUT2D eigenvalue weighted by Gasteiger charge is -2.31. The van der Waals surface area contributed by atoms with Gasteiger partial charge in [-0.15, -0.1) is 0 Å². The first-order valence-corrected chi connectivity index (χ1v) is 7.44. The van der Waals surface area contributed by atoms with Crippen molar-refractivity contribution in [1.82, 2.24) is 0 Å². The number of esters is 1. The predicted molar refractivity (Wildman–Crippen MR) is 84.4 cm³/mol. The molecule has 5 nitrogen and oxygen atoms in total. The molecule has 3 rings (SSSR count). The second kappa shape index (κ2) is 6.30. The monoisotopic (exact) mass is 314 g/mol. The van der Waals surface area contributed by atoms with Gasteiger partial charge in [-0.2, -0.15) is 0 Å². The molecule has 2 atom stereocenters. The Morgan fingerprint density at radius 2 is 2.04 bits per heavy atom. The number of rotatable bonds is 4. The summed E-state index contributed by atoms with van der Waals surface area (Å²) in [6, 6.07) is 12.9. The second-order valence-electron chi connectivity index (χ2n) is 5.18. The summed E-state index contributed by atoms with van der Waals surface area (Å²) in [6.07, 6.45) is -2.18. The molecule has 0 aliphatic carbocycles. The number of ether oxygens (including phenoxy) is 3. The third-order valence-corrected chi connectivity index (χ3v) is 3.81. The van der Waals surface area contributed by atoms with Crippen LogP contribution < -0.4 is 9.47 Å². The van der Waals surface area contributed by atoms with Crippen molar-refractivity contribution in [3.05, 3.63) is 48.0 Å². The Morgan fingerprint density at radius 3 is 2.78 bits per heavy atom. The maximum absolute atomic E-state index is 11.9. The maximum Gasteiger partial charge on any atom is 0.339 e. The Balaban J connectivity index is 2.05. The fourth-order valence-electron chi connectivity index (χ4n) is 2.73. The third kappa shape index (κ3) is 2.75. The van der Waals surface area contributed by atoms with Gasteiger partial charge >= 0.3 is 5.97 Å². The van der Waals surface area contributed by atoms with Crippen LogP contribution in [0.15, 0.2) is 42.5 Å². The van der Waals surface area contributed by atoms with E-state index in [-0.39, 0.29) is 6.61 Å². The van der Waals surface area contributed by atoms with E-state index in [0.717, 1.165) is 16.7 Å². The molecule has 23 heavy (non-hydrogen) atoms. The SMILES string of the molecule is CCOC(=O)C(O)C1Oc2ccc(OC)cc2-c2ccccc21. The highest BCUT2D eigenvalue weighted by Crippen LogP contribution is 2.44. The van der Waals surface area contributed by atoms with Gasteiger partial charge in [0.25, 0.3) is 0 Å². The fourth-order valence-corrected chi connectivity index (χ4v) is 2.73. The summed E-state index contributed by atoms with van der Waals surface area (Å²) in [7, 11) is 1.60. The first-order chi connectivity index (χ1) is 11.2. The smallest absolute Gasteiger partial charge is 0.339 e. The van der Waals surface area contributed by atoms with E-state index in [2.05, 4.69) is 0 Å². The maximum atomic E-state index is 11.9. The fraction of sp³-hybridized carbons (Fsp3) is 0.278. The topological polar surface area (TPSA) is 65.0 Å². The Kier molecular flexibility index (Phi) is 4.21. The molecular weight excluding hydrogens is 296 g/mol. The number of fused-ring (bicyclic) bond motifs is 3. The Hall–Kier alpha value is -2.53. The Labute approximate surface area is 134 Å². The minimum atomic E-state index is -1.38. The van der Waals surface area contributed by atoms with Crippen molar-refractivity contribution in [2.75, 3.05) is 13.7 Å². The van der Waals surface area contributed by atoms with Gasteiger partial charge in [0, 0.05) is 11.1 Å². The summed E-state index contributed by atoms with van der Waals surface area (Å²) in [6.45, 7) is 1.90. The minimum absolute atomic E-state index is 0.206. The number of carbonyl (C=O) groups is 1. The molecule has 0 spiro atoms. The summed E-state index contributed by atoms with van der Waals surface area (Å²) < 4.78 is 16.0. The highest BCUT2D eigenvalue weighted by molar-refractivity contribution is 5.80. The van der Waals surface area contributed by atoms with E-state index in [9.17, 15) is 9.90 Å². The van der Waals surface area contributed by atoms with Crippen LogP contribution in [0.4, 0.5) is 0 Å². The largest absolute Gasteiger partial charge is 0.497 e. The number of benzene rings is 2. The molecule has 2 aromatic carbocycles. The molecule has 0 amide bonds. The van der Waals surface area contributed by atoms with Gasteiger partial charge in [-0.05, 0) is 30.7 Å². The summed E-state index contributed by atoms with van der Waals surface area (Å²) in [5.41, 5.74) is 2.52. The van der Waals surface area contributed by atoms with E-state index in [0.29, 0.717) is 11.5 Å². The highest BCUT2D eigenvalue weighted by atomic mass is 16.6. The van der Waals surface area contributed by atoms with Crippen LogP contribution in [0.3, 0.4) is 0 Å². The van der Waals surface area contributed by atoms with Crippen LogP contribution in [0.2, 0.25) is 0 Å². The molecule has 120 valence electrons. The lowest BCUT2D eigenvalue weighted by molar-refractivity contribution is -0.158. The zero-order valence-corrected chi connectivity index (χ0v) is 13.0. The van der Waals surface area contributed by atoms with Crippen LogP contribution in [-0.4, -0.2) is 30.9 Å². The molecule has 1 aliphatic heterocycles. The minimum Gasteiger partial charge on any atom is -0.497 e. The molecule has 2 unspecified atom stereocenters. The molecule has 0 saturated carbocycles. The molecule has 5 heteroatoms. The summed E-state index contributed by atoms with van der Waals surface area (Å²) >= 11 is 0. The Bertz CT molecular complexity index is 725. The number of carbonyl (C=O) groups excluding carboxylic acids is 1. The van der Waals surface area contributed by atoms with Crippen molar-refractivity contribution in [3.63, 3.8) is 0 Å². The average Bonchev–Trinajstić information content (AvgIpc) is 2.60. The van der Waals surface area contributed by atoms with Crippen molar-refractivity contribution >= 4 is 5.97 Å². The summed E-state index contributed by atoms with van der Waals surface area (Å²) in [5, 5.41) is 10.3. The van der Waals surface area contributed by atoms with Gasteiger partial charge in [-0.25, -0.2) is 4.79 Å². The van der Waals surface area contributed by atoms with Crippen molar-refractivity contribution in [3.8, 4) is 22.6 Å². The van der Waals surface area contributed by atoms with Gasteiger partial charge in [-0.3, -0.25) is 0 Å². The molecule has 0 bridgehead atoms. The molecule has 0 radical (unpaired) electrons. The van der Waals surface area contributed by atoms with E-state index in [1.165, 1.54) is 0 Å². The van der Waals surface area contributed by atoms with E-state index < -0.39 is 18.2 Å². The standard InChI is InChI=1S/C18H18O5/c1-3-22-18(20)16(19)17-13-7-5-4-6-12(13)14-10-11(21-2)8-9-15(14)23-17/h4-10,16-17,19H,3H2,1-2H3. The summed E-state index contributed by atoms with van der Waals surface area (Å²) in [5.74, 6) is 0.619. The first kappa shape index (κ1) is 15.4. The van der Waals surface area contributed by atoms with Crippen LogP contribution in [0.1, 0.15) is 18.6 Å². The quantitative estimate of drug-likeness (QED) is 0.879. The van der Waals surface area contributed by atoms with Gasteiger partial charge in [0.05, 0.1) is 13.7 Å². The van der Waals surface area contributed by atoms with Gasteiger partial charge in [0.1, 0.15) is 11.5 Å². The number of aliphatic hydroxyl groups excluding tert-OH is 1. The zero-order chi connectivity index (χ0) is 16.4. The molecule has 0 fully saturated rings. The summed E-state index contributed by atoms with van der Waals surface area (Å²) in [4.78, 5) is 11.9. The number of methoxy groups -OCH3 is 1. The van der Waals surface area contributed by atoms with Crippen LogP contribution in [0, 0.1) is 0 Å². The number of hydrogen-bond acceptors (Lipinski definition) is 5. The van der Waals surface area contributed by atoms with E-state index in [4.69, 9.17) is 14.2 Å². The zero-order valence-electron chi connectivity index (χ0n) is 13.0. The van der Waals surface area contributed by atoms with Gasteiger partial charge in [0.2, 0.25) is 0 Å². The molecular formula is C18H18O5. The second-order valence-corrected chi connectivity index (χ2v) is 5.18. The van der Waals surface area contributed by atoms with E-state index >= 15 is 0 Å². The van der Waals surface area contributed by atoms with Gasteiger partial charge in [0.15, 0.2) is 12.2 Å². The van der Waals surface area contributed by atoms with Crippen LogP contribution >= 0.6 is 0 Å². The van der Waals surface area contributed by atoms with Crippen LogP contribution in [0.25, 0.3) is 11.1 Å². The van der Waals surface area contributed by atoms with Crippen LogP contribution in [0.5, 0.6) is 11.5 Å². The van der Waals surface area contributed by atoms with Crippen LogP contribution in [-0.2, 0) is 9.53 Å². The number of hydrogen-bond donors (Lipinski definition) is 1.